The monoisotopic (exact) mass is 333 g/mol. The average Bonchev–Trinajstić information content (AvgIpc) is 2.89. The Morgan fingerprint density at radius 3 is 2.39 bits per heavy atom. The van der Waals surface area contributed by atoms with E-state index in [0.29, 0.717) is 5.56 Å². The van der Waals surface area contributed by atoms with E-state index >= 15 is 0 Å². The Kier molecular flexibility index (Phi) is 4.64. The zero-order valence-electron chi connectivity index (χ0n) is 13.7. The number of carbonyl (C=O) groups is 1. The number of hydrogen-bond donors (Lipinski definition) is 1. The van der Waals surface area contributed by atoms with Gasteiger partial charge >= 0.3 is 5.97 Å². The molecule has 124 valence electrons. The second-order valence-electron chi connectivity index (χ2n) is 6.73. The van der Waals surface area contributed by atoms with Crippen molar-refractivity contribution in [2.45, 2.75) is 25.1 Å². The normalized spacial score (nSPS) is 21.3. The van der Waals surface area contributed by atoms with Crippen LogP contribution in [0.4, 0.5) is 0 Å². The number of hydrogen-bond acceptors (Lipinski definition) is 5. The van der Waals surface area contributed by atoms with E-state index in [-0.39, 0.29) is 4.75 Å². The summed E-state index contributed by atoms with van der Waals surface area (Å²) >= 11 is 1.89. The van der Waals surface area contributed by atoms with Gasteiger partial charge in [0.1, 0.15) is 0 Å². The fourth-order valence-corrected chi connectivity index (χ4v) is 3.91. The highest BCUT2D eigenvalue weighted by Crippen LogP contribution is 2.33. The van der Waals surface area contributed by atoms with E-state index in [1.807, 2.05) is 23.9 Å². The van der Waals surface area contributed by atoms with Crippen LogP contribution in [0, 0.1) is 0 Å². The molecule has 1 aromatic rings. The molecule has 0 radical (unpaired) electrons. The summed E-state index contributed by atoms with van der Waals surface area (Å²) in [6.45, 7) is 10.3. The minimum atomic E-state index is -0.872. The van der Waals surface area contributed by atoms with Crippen molar-refractivity contribution in [2.24, 2.45) is 4.99 Å². The van der Waals surface area contributed by atoms with Gasteiger partial charge in [-0.3, -0.25) is 9.89 Å². The van der Waals surface area contributed by atoms with Crippen LogP contribution < -0.4 is 0 Å². The highest BCUT2D eigenvalue weighted by Gasteiger charge is 2.31. The number of aromatic carboxylic acids is 1. The molecule has 1 saturated heterocycles. The topological polar surface area (TPSA) is 56.1 Å². The first-order valence-corrected chi connectivity index (χ1v) is 8.78. The maximum atomic E-state index is 10.9. The molecule has 23 heavy (non-hydrogen) atoms. The number of benzene rings is 1. The fraction of sp³-hybridized carbons (Fsp3) is 0.529. The molecule has 1 N–H and O–H groups in total. The minimum Gasteiger partial charge on any atom is -0.478 e. The van der Waals surface area contributed by atoms with E-state index in [9.17, 15) is 4.79 Å². The lowest BCUT2D eigenvalue weighted by atomic mass is 10.1. The molecule has 2 aliphatic rings. The zero-order chi connectivity index (χ0) is 16.4. The van der Waals surface area contributed by atoms with Gasteiger partial charge in [-0.15, -0.1) is 0 Å². The first kappa shape index (κ1) is 16.3. The summed E-state index contributed by atoms with van der Waals surface area (Å²) in [6.07, 6.45) is 0. The lowest BCUT2D eigenvalue weighted by molar-refractivity contribution is 0.0697. The van der Waals surface area contributed by atoms with Crippen molar-refractivity contribution in [1.29, 1.82) is 0 Å². The number of piperazine rings is 1. The molecular formula is C17H23N3O2S. The Labute approximate surface area is 141 Å². The molecule has 5 nitrogen and oxygen atoms in total. The van der Waals surface area contributed by atoms with Gasteiger partial charge in [0, 0.05) is 37.5 Å². The van der Waals surface area contributed by atoms with Crippen molar-refractivity contribution in [3.8, 4) is 0 Å². The van der Waals surface area contributed by atoms with E-state index in [1.165, 1.54) is 5.17 Å². The maximum absolute atomic E-state index is 10.9. The Hall–Kier alpha value is -1.53. The number of aliphatic imine (C=N–C) groups is 1. The van der Waals surface area contributed by atoms with Crippen LogP contribution in [0.25, 0.3) is 0 Å². The maximum Gasteiger partial charge on any atom is 0.335 e. The number of nitrogens with zero attached hydrogens (tertiary/aromatic N) is 3. The molecule has 3 rings (SSSR count). The van der Waals surface area contributed by atoms with Crippen LogP contribution in [-0.2, 0) is 6.54 Å². The minimum absolute atomic E-state index is 0.234. The Morgan fingerprint density at radius 1 is 1.22 bits per heavy atom. The summed E-state index contributed by atoms with van der Waals surface area (Å²) in [5.74, 6) is -0.872. The number of carboxylic acids is 1. The van der Waals surface area contributed by atoms with Gasteiger partial charge in [-0.2, -0.15) is 0 Å². The molecule has 0 aliphatic carbocycles. The largest absolute Gasteiger partial charge is 0.478 e. The molecule has 1 aromatic carbocycles. The smallest absolute Gasteiger partial charge is 0.335 e. The fourth-order valence-electron chi connectivity index (χ4n) is 2.84. The van der Waals surface area contributed by atoms with Gasteiger partial charge in [0.2, 0.25) is 0 Å². The van der Waals surface area contributed by atoms with Crippen LogP contribution >= 0.6 is 11.8 Å². The number of rotatable bonds is 3. The Bertz CT molecular complexity index is 605. The van der Waals surface area contributed by atoms with E-state index < -0.39 is 5.97 Å². The van der Waals surface area contributed by atoms with Crippen LogP contribution in [-0.4, -0.2) is 63.5 Å². The van der Waals surface area contributed by atoms with Crippen LogP contribution in [0.2, 0.25) is 0 Å². The standard InChI is InChI=1S/C17H23N3O2S/c1-17(2)12-18-16(23-17)20-9-7-19(8-10-20)11-13-3-5-14(6-4-13)15(21)22/h3-6H,7-12H2,1-2H3,(H,21,22). The summed E-state index contributed by atoms with van der Waals surface area (Å²) in [4.78, 5) is 20.4. The van der Waals surface area contributed by atoms with Crippen LogP contribution in [0.15, 0.2) is 29.3 Å². The van der Waals surface area contributed by atoms with Gasteiger partial charge < -0.3 is 10.0 Å². The van der Waals surface area contributed by atoms with Crippen molar-refractivity contribution in [3.05, 3.63) is 35.4 Å². The molecule has 0 amide bonds. The van der Waals surface area contributed by atoms with Crippen LogP contribution in [0.5, 0.6) is 0 Å². The number of thioether (sulfide) groups is 1. The summed E-state index contributed by atoms with van der Waals surface area (Å²) in [5, 5.41) is 10.1. The first-order chi connectivity index (χ1) is 10.9. The molecule has 0 bridgehead atoms. The predicted octanol–water partition coefficient (Wildman–Crippen LogP) is 2.38. The second-order valence-corrected chi connectivity index (χ2v) is 8.40. The molecular weight excluding hydrogens is 310 g/mol. The molecule has 2 aliphatic heterocycles. The zero-order valence-corrected chi connectivity index (χ0v) is 14.5. The lowest BCUT2D eigenvalue weighted by Gasteiger charge is -2.36. The van der Waals surface area contributed by atoms with Gasteiger partial charge in [0.05, 0.1) is 12.1 Å². The van der Waals surface area contributed by atoms with Crippen molar-refractivity contribution in [2.75, 3.05) is 32.7 Å². The SMILES string of the molecule is CC1(C)CN=C(N2CCN(Cc3ccc(C(=O)O)cc3)CC2)S1. The predicted molar refractivity (Wildman–Crippen MR) is 94.2 cm³/mol. The van der Waals surface area contributed by atoms with E-state index in [1.54, 1.807) is 12.1 Å². The lowest BCUT2D eigenvalue weighted by Crippen LogP contribution is -2.47. The summed E-state index contributed by atoms with van der Waals surface area (Å²) < 4.78 is 0.234. The molecule has 0 aromatic heterocycles. The van der Waals surface area contributed by atoms with E-state index in [4.69, 9.17) is 5.11 Å². The molecule has 0 atom stereocenters. The van der Waals surface area contributed by atoms with Crippen LogP contribution in [0.3, 0.4) is 0 Å². The molecule has 6 heteroatoms. The van der Waals surface area contributed by atoms with Gasteiger partial charge in [-0.05, 0) is 31.5 Å². The van der Waals surface area contributed by atoms with E-state index in [0.717, 1.165) is 44.8 Å². The van der Waals surface area contributed by atoms with Gasteiger partial charge in [0.25, 0.3) is 0 Å². The van der Waals surface area contributed by atoms with Crippen molar-refractivity contribution in [1.82, 2.24) is 9.80 Å². The summed E-state index contributed by atoms with van der Waals surface area (Å²) in [6, 6.07) is 7.18. The Balaban J connectivity index is 1.50. The summed E-state index contributed by atoms with van der Waals surface area (Å²) in [7, 11) is 0. The average molecular weight is 333 g/mol. The van der Waals surface area contributed by atoms with Crippen molar-refractivity contribution >= 4 is 22.9 Å². The van der Waals surface area contributed by atoms with Crippen molar-refractivity contribution in [3.63, 3.8) is 0 Å². The van der Waals surface area contributed by atoms with E-state index in [2.05, 4.69) is 28.6 Å². The second kappa shape index (κ2) is 6.53. The molecule has 2 heterocycles. The number of amidine groups is 1. The molecule has 0 spiro atoms. The number of carboxylic acid groups (broad SMARTS) is 1. The van der Waals surface area contributed by atoms with Gasteiger partial charge in [0.15, 0.2) is 5.17 Å². The van der Waals surface area contributed by atoms with Crippen LogP contribution in [0.1, 0.15) is 29.8 Å². The van der Waals surface area contributed by atoms with Gasteiger partial charge in [-0.25, -0.2) is 4.79 Å². The molecule has 0 saturated carbocycles. The molecule has 1 fully saturated rings. The third-order valence-corrected chi connectivity index (χ3v) is 5.46. The molecule has 0 unspecified atom stereocenters. The van der Waals surface area contributed by atoms with Crippen molar-refractivity contribution < 1.29 is 9.90 Å². The first-order valence-electron chi connectivity index (χ1n) is 7.96. The third kappa shape index (κ3) is 4.06. The highest BCUT2D eigenvalue weighted by molar-refractivity contribution is 8.15. The Morgan fingerprint density at radius 2 is 1.87 bits per heavy atom. The van der Waals surface area contributed by atoms with Gasteiger partial charge in [-0.1, -0.05) is 23.9 Å². The quantitative estimate of drug-likeness (QED) is 0.920. The summed E-state index contributed by atoms with van der Waals surface area (Å²) in [5.41, 5.74) is 1.51. The third-order valence-electron chi connectivity index (χ3n) is 4.21. The highest BCUT2D eigenvalue weighted by atomic mass is 32.2.